The lowest BCUT2D eigenvalue weighted by molar-refractivity contribution is 0.585. The number of benzene rings is 1. The van der Waals surface area contributed by atoms with E-state index >= 15 is 0 Å². The van der Waals surface area contributed by atoms with Gasteiger partial charge in [0, 0.05) is 41.6 Å². The zero-order chi connectivity index (χ0) is 15.1. The highest BCUT2D eigenvalue weighted by molar-refractivity contribution is 9.10. The molecule has 0 radical (unpaired) electrons. The lowest BCUT2D eigenvalue weighted by Gasteiger charge is -2.31. The van der Waals surface area contributed by atoms with Gasteiger partial charge in [-0.2, -0.15) is 11.8 Å². The molecule has 0 aromatic heterocycles. The molecule has 1 unspecified atom stereocenters. The van der Waals surface area contributed by atoms with Crippen molar-refractivity contribution in [3.63, 3.8) is 0 Å². The van der Waals surface area contributed by atoms with Crippen LogP contribution in [0.2, 0.25) is 0 Å². The molecule has 0 aliphatic heterocycles. The first kappa shape index (κ1) is 17.9. The molecule has 4 heteroatoms. The Bertz CT molecular complexity index is 409. The molecule has 0 heterocycles. The Hall–Kier alpha value is -0.190. The van der Waals surface area contributed by atoms with Crippen LogP contribution in [-0.2, 0) is 6.54 Å². The van der Waals surface area contributed by atoms with Gasteiger partial charge in [-0.3, -0.25) is 0 Å². The van der Waals surface area contributed by atoms with Crippen LogP contribution in [0.4, 0.5) is 5.69 Å². The van der Waals surface area contributed by atoms with Crippen LogP contribution >= 0.6 is 27.7 Å². The SMILES string of the molecule is CCC(CSC)N(C)c1ccc(Br)cc1CNC(C)C. The molecule has 0 amide bonds. The van der Waals surface area contributed by atoms with Gasteiger partial charge in [0.2, 0.25) is 0 Å². The van der Waals surface area contributed by atoms with E-state index in [1.165, 1.54) is 23.4 Å². The molecule has 0 saturated carbocycles. The van der Waals surface area contributed by atoms with Gasteiger partial charge in [0.05, 0.1) is 0 Å². The fourth-order valence-electron chi connectivity index (χ4n) is 2.25. The van der Waals surface area contributed by atoms with Crippen molar-refractivity contribution in [1.82, 2.24) is 5.32 Å². The maximum absolute atomic E-state index is 3.59. The fourth-order valence-corrected chi connectivity index (χ4v) is 3.50. The average Bonchev–Trinajstić information content (AvgIpc) is 2.42. The maximum Gasteiger partial charge on any atom is 0.0412 e. The van der Waals surface area contributed by atoms with Crippen molar-refractivity contribution in [2.24, 2.45) is 0 Å². The molecule has 0 fully saturated rings. The van der Waals surface area contributed by atoms with Crippen molar-refractivity contribution in [3.05, 3.63) is 28.2 Å². The summed E-state index contributed by atoms with van der Waals surface area (Å²) in [7, 11) is 2.21. The van der Waals surface area contributed by atoms with Crippen LogP contribution in [0.15, 0.2) is 22.7 Å². The second-order valence-electron chi connectivity index (χ2n) is 5.44. The number of anilines is 1. The predicted octanol–water partition coefficient (Wildman–Crippen LogP) is 4.52. The quantitative estimate of drug-likeness (QED) is 0.734. The first-order valence-electron chi connectivity index (χ1n) is 7.23. The van der Waals surface area contributed by atoms with Crippen LogP contribution in [-0.4, -0.2) is 31.1 Å². The third-order valence-electron chi connectivity index (χ3n) is 3.50. The maximum atomic E-state index is 3.59. The van der Waals surface area contributed by atoms with E-state index in [2.05, 4.69) is 78.4 Å². The molecule has 0 aliphatic carbocycles. The Kier molecular flexibility index (Phi) is 8.00. The van der Waals surface area contributed by atoms with E-state index in [0.29, 0.717) is 12.1 Å². The van der Waals surface area contributed by atoms with Crippen molar-refractivity contribution in [2.75, 3.05) is 24.0 Å². The van der Waals surface area contributed by atoms with Crippen molar-refractivity contribution >= 4 is 33.4 Å². The van der Waals surface area contributed by atoms with Gasteiger partial charge in [-0.1, -0.05) is 36.7 Å². The minimum Gasteiger partial charge on any atom is -0.371 e. The Balaban J connectivity index is 2.96. The highest BCUT2D eigenvalue weighted by atomic mass is 79.9. The van der Waals surface area contributed by atoms with Gasteiger partial charge >= 0.3 is 0 Å². The van der Waals surface area contributed by atoms with Crippen molar-refractivity contribution in [3.8, 4) is 0 Å². The summed E-state index contributed by atoms with van der Waals surface area (Å²) in [5.41, 5.74) is 2.69. The lowest BCUT2D eigenvalue weighted by atomic mass is 10.1. The smallest absolute Gasteiger partial charge is 0.0412 e. The molecule has 1 aromatic rings. The molecule has 1 aromatic carbocycles. The minimum absolute atomic E-state index is 0.500. The summed E-state index contributed by atoms with van der Waals surface area (Å²) in [6.45, 7) is 7.54. The molecule has 1 N–H and O–H groups in total. The number of hydrogen-bond donors (Lipinski definition) is 1. The number of rotatable bonds is 8. The van der Waals surface area contributed by atoms with Gasteiger partial charge in [-0.15, -0.1) is 0 Å². The van der Waals surface area contributed by atoms with Crippen molar-refractivity contribution in [1.29, 1.82) is 0 Å². The Morgan fingerprint density at radius 3 is 2.60 bits per heavy atom. The van der Waals surface area contributed by atoms with E-state index in [0.717, 1.165) is 11.0 Å². The predicted molar refractivity (Wildman–Crippen MR) is 97.0 cm³/mol. The minimum atomic E-state index is 0.500. The summed E-state index contributed by atoms with van der Waals surface area (Å²) in [6, 6.07) is 7.68. The summed E-state index contributed by atoms with van der Waals surface area (Å²) in [5.74, 6) is 1.17. The van der Waals surface area contributed by atoms with Crippen LogP contribution in [0, 0.1) is 0 Å². The first-order chi connectivity index (χ1) is 9.49. The summed E-state index contributed by atoms with van der Waals surface area (Å²) in [5, 5.41) is 3.52. The highest BCUT2D eigenvalue weighted by Gasteiger charge is 2.16. The van der Waals surface area contributed by atoms with Gasteiger partial charge < -0.3 is 10.2 Å². The third kappa shape index (κ3) is 5.30. The third-order valence-corrected chi connectivity index (χ3v) is 4.71. The topological polar surface area (TPSA) is 15.3 Å². The van der Waals surface area contributed by atoms with Gasteiger partial charge in [0.15, 0.2) is 0 Å². The zero-order valence-electron chi connectivity index (χ0n) is 13.2. The Morgan fingerprint density at radius 2 is 2.05 bits per heavy atom. The summed E-state index contributed by atoms with van der Waals surface area (Å²) >= 11 is 5.50. The van der Waals surface area contributed by atoms with Crippen molar-refractivity contribution in [2.45, 2.75) is 45.8 Å². The molecule has 0 bridgehead atoms. The molecule has 0 saturated heterocycles. The number of halogens is 1. The number of nitrogens with one attached hydrogen (secondary N) is 1. The molecule has 1 atom stereocenters. The van der Waals surface area contributed by atoms with Gasteiger partial charge in [0.25, 0.3) is 0 Å². The second-order valence-corrected chi connectivity index (χ2v) is 7.26. The van der Waals surface area contributed by atoms with E-state index in [1.807, 2.05) is 11.8 Å². The highest BCUT2D eigenvalue weighted by Crippen LogP contribution is 2.27. The molecular weight excluding hydrogens is 332 g/mol. The Morgan fingerprint density at radius 1 is 1.35 bits per heavy atom. The second kappa shape index (κ2) is 8.96. The lowest BCUT2D eigenvalue weighted by Crippen LogP contribution is -2.34. The van der Waals surface area contributed by atoms with Gasteiger partial charge in [0.1, 0.15) is 0 Å². The summed E-state index contributed by atoms with van der Waals surface area (Å²) < 4.78 is 1.15. The average molecular weight is 359 g/mol. The van der Waals surface area contributed by atoms with E-state index < -0.39 is 0 Å². The van der Waals surface area contributed by atoms with Crippen LogP contribution < -0.4 is 10.2 Å². The number of hydrogen-bond acceptors (Lipinski definition) is 3. The molecular formula is C16H27BrN2S. The molecule has 1 rings (SSSR count). The Labute approximate surface area is 136 Å². The van der Waals surface area contributed by atoms with E-state index in [4.69, 9.17) is 0 Å². The van der Waals surface area contributed by atoms with E-state index in [1.54, 1.807) is 0 Å². The molecule has 0 aliphatic rings. The van der Waals surface area contributed by atoms with Gasteiger partial charge in [-0.25, -0.2) is 0 Å². The normalized spacial score (nSPS) is 12.8. The monoisotopic (exact) mass is 358 g/mol. The van der Waals surface area contributed by atoms with Crippen molar-refractivity contribution < 1.29 is 0 Å². The summed E-state index contributed by atoms with van der Waals surface area (Å²) in [6.07, 6.45) is 3.35. The first-order valence-corrected chi connectivity index (χ1v) is 9.41. The van der Waals surface area contributed by atoms with Crippen LogP contribution in [0.3, 0.4) is 0 Å². The zero-order valence-corrected chi connectivity index (χ0v) is 15.6. The van der Waals surface area contributed by atoms with Crippen LogP contribution in [0.1, 0.15) is 32.8 Å². The largest absolute Gasteiger partial charge is 0.371 e. The standard InChI is InChI=1S/C16H27BrN2S/c1-6-15(11-20-5)19(4)16-8-7-14(17)9-13(16)10-18-12(2)3/h7-9,12,15,18H,6,10-11H2,1-5H3. The molecule has 114 valence electrons. The van der Waals surface area contributed by atoms with Crippen LogP contribution in [0.25, 0.3) is 0 Å². The van der Waals surface area contributed by atoms with Gasteiger partial charge in [-0.05, 0) is 36.4 Å². The van der Waals surface area contributed by atoms with E-state index in [-0.39, 0.29) is 0 Å². The molecule has 2 nitrogen and oxygen atoms in total. The summed E-state index contributed by atoms with van der Waals surface area (Å²) in [4.78, 5) is 2.43. The fraction of sp³-hybridized carbons (Fsp3) is 0.625. The number of thioether (sulfide) groups is 1. The molecule has 0 spiro atoms. The number of nitrogens with zero attached hydrogens (tertiary/aromatic N) is 1. The molecule has 20 heavy (non-hydrogen) atoms. The van der Waals surface area contributed by atoms with E-state index in [9.17, 15) is 0 Å². The van der Waals surface area contributed by atoms with Crippen LogP contribution in [0.5, 0.6) is 0 Å².